The fourth-order valence-corrected chi connectivity index (χ4v) is 4.36. The Kier molecular flexibility index (Phi) is 5.55. The van der Waals surface area contributed by atoms with E-state index in [1.54, 1.807) is 12.1 Å². The predicted molar refractivity (Wildman–Crippen MR) is 117 cm³/mol. The molecule has 0 bridgehead atoms. The minimum atomic E-state index is -0.355. The van der Waals surface area contributed by atoms with Crippen molar-refractivity contribution in [2.75, 3.05) is 0 Å². The highest BCUT2D eigenvalue weighted by Crippen LogP contribution is 2.40. The summed E-state index contributed by atoms with van der Waals surface area (Å²) in [6.45, 7) is 4.10. The minimum absolute atomic E-state index is 0.102. The number of rotatable bonds is 5. The highest BCUT2D eigenvalue weighted by molar-refractivity contribution is 8.04. The monoisotopic (exact) mass is 417 g/mol. The zero-order valence-corrected chi connectivity index (χ0v) is 17.5. The van der Waals surface area contributed by atoms with Crippen molar-refractivity contribution < 1.29 is 14.0 Å². The third-order valence-electron chi connectivity index (χ3n) is 5.14. The Bertz CT molecular complexity index is 1150. The average Bonchev–Trinajstić information content (AvgIpc) is 2.97. The predicted octanol–water partition coefficient (Wildman–Crippen LogP) is 5.51. The molecule has 0 aliphatic carbocycles. The lowest BCUT2D eigenvalue weighted by molar-refractivity contribution is -0.137. The van der Waals surface area contributed by atoms with Gasteiger partial charge in [-0.3, -0.25) is 14.5 Å². The zero-order valence-electron chi connectivity index (χ0n) is 16.7. The molecule has 3 aromatic carbocycles. The first-order valence-corrected chi connectivity index (χ1v) is 10.4. The summed E-state index contributed by atoms with van der Waals surface area (Å²) in [5.74, 6) is -1.01. The van der Waals surface area contributed by atoms with Crippen LogP contribution in [0.5, 0.6) is 0 Å². The Hall–Kier alpha value is -3.18. The molecule has 1 heterocycles. The summed E-state index contributed by atoms with van der Waals surface area (Å²) < 4.78 is 13.3. The number of amides is 2. The maximum atomic E-state index is 13.3. The second-order valence-electron chi connectivity index (χ2n) is 7.24. The number of carbonyl (C=O) groups is 2. The molecule has 4 rings (SSSR count). The molecule has 0 N–H and O–H groups in total. The molecule has 5 heteroatoms. The van der Waals surface area contributed by atoms with Gasteiger partial charge in [0.05, 0.1) is 17.0 Å². The van der Waals surface area contributed by atoms with Crippen LogP contribution in [-0.2, 0) is 16.1 Å². The Labute approximate surface area is 179 Å². The minimum Gasteiger partial charge on any atom is -0.269 e. The first-order valence-electron chi connectivity index (χ1n) is 9.59. The highest BCUT2D eigenvalue weighted by atomic mass is 32.2. The number of hydrogen-bond donors (Lipinski definition) is 0. The van der Waals surface area contributed by atoms with Crippen LogP contribution in [0.1, 0.15) is 22.3 Å². The molecule has 1 aliphatic heterocycles. The Morgan fingerprint density at radius 1 is 0.833 bits per heavy atom. The fraction of sp³-hybridized carbons (Fsp3) is 0.120. The number of carbonyl (C=O) groups excluding carboxylic acids is 2. The number of nitrogens with zero attached hydrogens (tertiary/aromatic N) is 1. The van der Waals surface area contributed by atoms with Crippen molar-refractivity contribution in [1.29, 1.82) is 0 Å². The summed E-state index contributed by atoms with van der Waals surface area (Å²) in [5.41, 5.74) is 4.02. The first-order chi connectivity index (χ1) is 14.4. The normalized spacial score (nSPS) is 14.0. The number of thioether (sulfide) groups is 1. The van der Waals surface area contributed by atoms with Crippen LogP contribution in [-0.4, -0.2) is 16.7 Å². The van der Waals surface area contributed by atoms with E-state index in [9.17, 15) is 14.0 Å². The van der Waals surface area contributed by atoms with Crippen molar-refractivity contribution in [3.05, 3.63) is 106 Å². The van der Waals surface area contributed by atoms with Gasteiger partial charge in [-0.05, 0) is 60.4 Å². The van der Waals surface area contributed by atoms with E-state index >= 15 is 0 Å². The summed E-state index contributed by atoms with van der Waals surface area (Å²) in [7, 11) is 0. The van der Waals surface area contributed by atoms with E-state index in [1.807, 2.05) is 62.4 Å². The van der Waals surface area contributed by atoms with Gasteiger partial charge in [-0.1, -0.05) is 60.3 Å². The van der Waals surface area contributed by atoms with Gasteiger partial charge in [0.2, 0.25) is 0 Å². The van der Waals surface area contributed by atoms with Gasteiger partial charge < -0.3 is 0 Å². The smallest absolute Gasteiger partial charge is 0.268 e. The van der Waals surface area contributed by atoms with Crippen molar-refractivity contribution in [2.24, 2.45) is 0 Å². The Balaban J connectivity index is 1.75. The van der Waals surface area contributed by atoms with Crippen LogP contribution >= 0.6 is 11.8 Å². The molecule has 0 unspecified atom stereocenters. The van der Waals surface area contributed by atoms with E-state index in [0.29, 0.717) is 16.0 Å². The maximum absolute atomic E-state index is 13.3. The van der Waals surface area contributed by atoms with Gasteiger partial charge >= 0.3 is 0 Å². The van der Waals surface area contributed by atoms with Crippen molar-refractivity contribution in [3.8, 4) is 0 Å². The lowest BCUT2D eigenvalue weighted by Crippen LogP contribution is -2.30. The third kappa shape index (κ3) is 3.94. The number of benzene rings is 3. The Morgan fingerprint density at radius 3 is 2.20 bits per heavy atom. The van der Waals surface area contributed by atoms with Crippen molar-refractivity contribution in [1.82, 2.24) is 4.90 Å². The molecule has 3 aromatic rings. The molecule has 0 spiro atoms. The van der Waals surface area contributed by atoms with Gasteiger partial charge in [-0.2, -0.15) is 0 Å². The second-order valence-corrected chi connectivity index (χ2v) is 8.32. The SMILES string of the molecule is Cc1ccc(C2=C(Sc3ccccc3)C(=O)N(Cc3ccc(F)cc3)C2=O)cc1C. The molecule has 0 saturated carbocycles. The molecule has 1 aliphatic rings. The van der Waals surface area contributed by atoms with Gasteiger partial charge in [-0.15, -0.1) is 0 Å². The molecule has 0 saturated heterocycles. The largest absolute Gasteiger partial charge is 0.269 e. The molecule has 2 amide bonds. The summed E-state index contributed by atoms with van der Waals surface area (Å²) in [4.78, 5) is 29.2. The van der Waals surface area contributed by atoms with E-state index < -0.39 is 0 Å². The van der Waals surface area contributed by atoms with Crippen molar-refractivity contribution in [2.45, 2.75) is 25.3 Å². The molecule has 0 radical (unpaired) electrons. The zero-order chi connectivity index (χ0) is 21.3. The third-order valence-corrected chi connectivity index (χ3v) is 6.23. The Morgan fingerprint density at radius 2 is 1.53 bits per heavy atom. The molecular formula is C25H20FNO2S. The topological polar surface area (TPSA) is 37.4 Å². The van der Waals surface area contributed by atoms with Crippen LogP contribution in [0, 0.1) is 19.7 Å². The standard InChI is InChI=1S/C25H20FNO2S/c1-16-8-11-19(14-17(16)2)22-23(30-21-6-4-3-5-7-21)25(29)27(24(22)28)15-18-9-12-20(26)13-10-18/h3-14H,15H2,1-2H3. The first kappa shape index (κ1) is 20.1. The number of halogens is 1. The quantitative estimate of drug-likeness (QED) is 0.514. The van der Waals surface area contributed by atoms with Gasteiger partial charge in [0.25, 0.3) is 11.8 Å². The number of imide groups is 1. The van der Waals surface area contributed by atoms with E-state index in [2.05, 4.69) is 0 Å². The molecule has 150 valence electrons. The van der Waals surface area contributed by atoms with E-state index in [4.69, 9.17) is 0 Å². The van der Waals surface area contributed by atoms with Crippen LogP contribution in [0.2, 0.25) is 0 Å². The van der Waals surface area contributed by atoms with Crippen molar-refractivity contribution >= 4 is 29.1 Å². The molecular weight excluding hydrogens is 397 g/mol. The van der Waals surface area contributed by atoms with Crippen LogP contribution in [0.3, 0.4) is 0 Å². The molecule has 0 aromatic heterocycles. The number of hydrogen-bond acceptors (Lipinski definition) is 3. The fourth-order valence-electron chi connectivity index (χ4n) is 3.32. The van der Waals surface area contributed by atoms with Gasteiger partial charge in [0, 0.05) is 4.90 Å². The lowest BCUT2D eigenvalue weighted by Gasteiger charge is -2.15. The van der Waals surface area contributed by atoms with Crippen LogP contribution < -0.4 is 0 Å². The molecule has 30 heavy (non-hydrogen) atoms. The lowest BCUT2D eigenvalue weighted by atomic mass is 10.0. The summed E-state index contributed by atoms with van der Waals surface area (Å²) in [6, 6.07) is 21.2. The maximum Gasteiger partial charge on any atom is 0.268 e. The van der Waals surface area contributed by atoms with Crippen LogP contribution in [0.4, 0.5) is 4.39 Å². The van der Waals surface area contributed by atoms with E-state index in [0.717, 1.165) is 21.6 Å². The van der Waals surface area contributed by atoms with Gasteiger partial charge in [0.15, 0.2) is 0 Å². The molecule has 3 nitrogen and oxygen atoms in total. The van der Waals surface area contributed by atoms with Crippen LogP contribution in [0.25, 0.3) is 5.57 Å². The highest BCUT2D eigenvalue weighted by Gasteiger charge is 2.39. The molecule has 0 fully saturated rings. The summed E-state index contributed by atoms with van der Waals surface area (Å²) >= 11 is 1.30. The number of aryl methyl sites for hydroxylation is 2. The van der Waals surface area contributed by atoms with Gasteiger partial charge in [0.1, 0.15) is 5.82 Å². The van der Waals surface area contributed by atoms with E-state index in [1.165, 1.54) is 28.8 Å². The van der Waals surface area contributed by atoms with Crippen molar-refractivity contribution in [3.63, 3.8) is 0 Å². The summed E-state index contributed by atoms with van der Waals surface area (Å²) in [5, 5.41) is 0. The van der Waals surface area contributed by atoms with E-state index in [-0.39, 0.29) is 24.2 Å². The molecule has 0 atom stereocenters. The van der Waals surface area contributed by atoms with Crippen LogP contribution in [0.15, 0.2) is 82.6 Å². The average molecular weight is 418 g/mol. The second kappa shape index (κ2) is 8.28. The van der Waals surface area contributed by atoms with Gasteiger partial charge in [-0.25, -0.2) is 4.39 Å². The summed E-state index contributed by atoms with van der Waals surface area (Å²) in [6.07, 6.45) is 0.